The molecule has 2 aliphatic heterocycles. The van der Waals surface area contributed by atoms with Crippen molar-refractivity contribution in [3.8, 4) is 12.0 Å². The van der Waals surface area contributed by atoms with Crippen LogP contribution in [0, 0.1) is 5.92 Å². The van der Waals surface area contributed by atoms with Crippen LogP contribution in [0.5, 0.6) is 6.01 Å². The summed E-state index contributed by atoms with van der Waals surface area (Å²) in [6.07, 6.45) is -0.0994. The second-order valence-corrected chi connectivity index (χ2v) is 10.7. The number of hydrogen-bond donors (Lipinski definition) is 0. The molecule has 6 rings (SSSR count). The molecule has 11 nitrogen and oxygen atoms in total. The van der Waals surface area contributed by atoms with Crippen LogP contribution in [0.15, 0.2) is 24.3 Å². The Morgan fingerprint density at radius 1 is 1.03 bits per heavy atom. The lowest BCUT2D eigenvalue weighted by Gasteiger charge is -2.39. The maximum absolute atomic E-state index is 12.3. The standard InChI is InChI=1S/C27H34N8O3/c1-16(2)22-28-19-8-6-7-9-20(19)35(22)26-30-23-21(24(31-26)33-10-12-37-13-11-33)29-27(32(23)5)38-18-14-34(15-18)25(36)17(3)4/h6-9,16-18H,10-15H2,1-5H3. The highest BCUT2D eigenvalue weighted by Gasteiger charge is 2.35. The number of ether oxygens (including phenoxy) is 2. The zero-order chi connectivity index (χ0) is 26.6. The maximum Gasteiger partial charge on any atom is 0.298 e. The van der Waals surface area contributed by atoms with Crippen LogP contribution >= 0.6 is 0 Å². The number of hydrogen-bond acceptors (Lipinski definition) is 8. The number of anilines is 1. The smallest absolute Gasteiger partial charge is 0.298 e. The fraction of sp³-hybridized carbons (Fsp3) is 0.519. The molecule has 1 amide bonds. The summed E-state index contributed by atoms with van der Waals surface area (Å²) in [5.41, 5.74) is 3.25. The summed E-state index contributed by atoms with van der Waals surface area (Å²) in [6.45, 7) is 11.9. The predicted molar refractivity (Wildman–Crippen MR) is 144 cm³/mol. The molecule has 5 heterocycles. The Labute approximate surface area is 221 Å². The molecule has 0 bridgehead atoms. The molecular formula is C27H34N8O3. The van der Waals surface area contributed by atoms with Gasteiger partial charge in [0, 0.05) is 32.0 Å². The highest BCUT2D eigenvalue weighted by Crippen LogP contribution is 2.32. The van der Waals surface area contributed by atoms with Crippen molar-refractivity contribution in [2.24, 2.45) is 13.0 Å². The van der Waals surface area contributed by atoms with Gasteiger partial charge in [0.1, 0.15) is 11.9 Å². The van der Waals surface area contributed by atoms with Crippen LogP contribution < -0.4 is 9.64 Å². The summed E-state index contributed by atoms with van der Waals surface area (Å²) in [5.74, 6) is 2.52. The Morgan fingerprint density at radius 2 is 1.76 bits per heavy atom. The zero-order valence-corrected chi connectivity index (χ0v) is 22.6. The molecule has 0 N–H and O–H groups in total. The Kier molecular flexibility index (Phi) is 6.17. The van der Waals surface area contributed by atoms with Gasteiger partial charge in [-0.25, -0.2) is 4.98 Å². The lowest BCUT2D eigenvalue weighted by Crippen LogP contribution is -2.57. The van der Waals surface area contributed by atoms with Gasteiger partial charge >= 0.3 is 0 Å². The topological polar surface area (TPSA) is 103 Å². The van der Waals surface area contributed by atoms with Crippen LogP contribution in [0.3, 0.4) is 0 Å². The first-order valence-electron chi connectivity index (χ1n) is 13.3. The number of carbonyl (C=O) groups is 1. The maximum atomic E-state index is 12.3. The average molecular weight is 519 g/mol. The van der Waals surface area contributed by atoms with E-state index in [-0.39, 0.29) is 23.8 Å². The van der Waals surface area contributed by atoms with Gasteiger partial charge in [0.05, 0.1) is 37.3 Å². The highest BCUT2D eigenvalue weighted by molar-refractivity contribution is 5.86. The highest BCUT2D eigenvalue weighted by atomic mass is 16.5. The van der Waals surface area contributed by atoms with Crippen molar-refractivity contribution in [1.29, 1.82) is 0 Å². The molecule has 2 fully saturated rings. The Bertz CT molecular complexity index is 1500. The van der Waals surface area contributed by atoms with E-state index in [0.29, 0.717) is 49.4 Å². The van der Waals surface area contributed by atoms with E-state index < -0.39 is 0 Å². The number of morpholine rings is 1. The molecule has 0 unspecified atom stereocenters. The van der Waals surface area contributed by atoms with Crippen molar-refractivity contribution in [1.82, 2.24) is 34.0 Å². The van der Waals surface area contributed by atoms with Crippen molar-refractivity contribution < 1.29 is 14.3 Å². The van der Waals surface area contributed by atoms with Gasteiger partial charge in [-0.2, -0.15) is 15.0 Å². The molecular weight excluding hydrogens is 484 g/mol. The molecule has 2 saturated heterocycles. The predicted octanol–water partition coefficient (Wildman–Crippen LogP) is 2.91. The van der Waals surface area contributed by atoms with Crippen LogP contribution in [0.4, 0.5) is 5.82 Å². The largest absolute Gasteiger partial charge is 0.458 e. The molecule has 0 saturated carbocycles. The number of para-hydroxylation sites is 2. The van der Waals surface area contributed by atoms with Gasteiger partial charge in [0.15, 0.2) is 17.0 Å². The minimum absolute atomic E-state index is 0.0218. The molecule has 38 heavy (non-hydrogen) atoms. The minimum Gasteiger partial charge on any atom is -0.458 e. The van der Waals surface area contributed by atoms with Gasteiger partial charge in [0.2, 0.25) is 11.9 Å². The second kappa shape index (κ2) is 9.54. The quantitative estimate of drug-likeness (QED) is 0.384. The third-order valence-electron chi connectivity index (χ3n) is 7.19. The first kappa shape index (κ1) is 24.6. The van der Waals surface area contributed by atoms with Gasteiger partial charge < -0.3 is 19.3 Å². The second-order valence-electron chi connectivity index (χ2n) is 10.7. The SMILES string of the molecule is CC(C)C(=O)N1CC(Oc2nc3c(N4CCOCC4)nc(-n4c(C(C)C)nc5ccccc54)nc3n2C)C1. The van der Waals surface area contributed by atoms with Gasteiger partial charge in [-0.3, -0.25) is 13.9 Å². The van der Waals surface area contributed by atoms with Gasteiger partial charge in [-0.1, -0.05) is 39.8 Å². The van der Waals surface area contributed by atoms with Crippen LogP contribution in [0.25, 0.3) is 28.1 Å². The van der Waals surface area contributed by atoms with E-state index in [1.807, 2.05) is 48.6 Å². The van der Waals surface area contributed by atoms with Crippen LogP contribution in [-0.2, 0) is 16.6 Å². The third kappa shape index (κ3) is 4.14. The lowest BCUT2D eigenvalue weighted by atomic mass is 10.1. The Hall–Kier alpha value is -3.73. The number of fused-ring (bicyclic) bond motifs is 2. The first-order chi connectivity index (χ1) is 18.3. The normalized spacial score (nSPS) is 16.7. The van der Waals surface area contributed by atoms with E-state index in [9.17, 15) is 4.79 Å². The van der Waals surface area contributed by atoms with Crippen molar-refractivity contribution in [3.05, 3.63) is 30.1 Å². The van der Waals surface area contributed by atoms with Crippen molar-refractivity contribution in [3.63, 3.8) is 0 Å². The number of carbonyl (C=O) groups excluding carboxylic acids is 1. The number of rotatable bonds is 6. The Morgan fingerprint density at radius 3 is 2.47 bits per heavy atom. The van der Waals surface area contributed by atoms with Crippen molar-refractivity contribution in [2.45, 2.75) is 39.7 Å². The number of amides is 1. The van der Waals surface area contributed by atoms with E-state index in [4.69, 9.17) is 29.4 Å². The number of aryl methyl sites for hydroxylation is 1. The summed E-state index contributed by atoms with van der Waals surface area (Å²) >= 11 is 0. The fourth-order valence-electron chi connectivity index (χ4n) is 5.07. The van der Waals surface area contributed by atoms with Crippen molar-refractivity contribution in [2.75, 3.05) is 44.3 Å². The summed E-state index contributed by atoms with van der Waals surface area (Å²) < 4.78 is 15.8. The zero-order valence-electron chi connectivity index (χ0n) is 22.6. The van der Waals surface area contributed by atoms with Crippen LogP contribution in [0.1, 0.15) is 39.4 Å². The lowest BCUT2D eigenvalue weighted by molar-refractivity contribution is -0.143. The summed E-state index contributed by atoms with van der Waals surface area (Å²) in [5, 5.41) is 0. The van der Waals surface area contributed by atoms with Crippen molar-refractivity contribution >= 4 is 33.9 Å². The average Bonchev–Trinajstić information content (AvgIpc) is 3.43. The molecule has 1 aromatic carbocycles. The molecule has 200 valence electrons. The minimum atomic E-state index is -0.0994. The number of aromatic nitrogens is 6. The van der Waals surface area contributed by atoms with E-state index in [0.717, 1.165) is 35.8 Å². The van der Waals surface area contributed by atoms with Crippen LogP contribution in [-0.4, -0.2) is 85.4 Å². The first-order valence-corrected chi connectivity index (χ1v) is 13.3. The molecule has 2 aliphatic rings. The molecule has 3 aromatic heterocycles. The number of likely N-dealkylation sites (tertiary alicyclic amines) is 1. The van der Waals surface area contributed by atoms with Gasteiger partial charge in [-0.05, 0) is 12.1 Å². The Balaban J connectivity index is 1.44. The van der Waals surface area contributed by atoms with E-state index in [1.165, 1.54) is 0 Å². The summed E-state index contributed by atoms with van der Waals surface area (Å²) in [6, 6.07) is 8.54. The molecule has 0 radical (unpaired) electrons. The molecule has 11 heteroatoms. The summed E-state index contributed by atoms with van der Waals surface area (Å²) in [7, 11) is 1.91. The number of benzene rings is 1. The summed E-state index contributed by atoms with van der Waals surface area (Å²) in [4.78, 5) is 36.2. The molecule has 4 aromatic rings. The number of imidazole rings is 2. The third-order valence-corrected chi connectivity index (χ3v) is 7.19. The van der Waals surface area contributed by atoms with Crippen LogP contribution in [0.2, 0.25) is 0 Å². The van der Waals surface area contributed by atoms with E-state index in [2.05, 4.69) is 29.4 Å². The monoisotopic (exact) mass is 518 g/mol. The molecule has 0 spiro atoms. The molecule has 0 aliphatic carbocycles. The van der Waals surface area contributed by atoms with Gasteiger partial charge in [-0.15, -0.1) is 0 Å². The van der Waals surface area contributed by atoms with E-state index >= 15 is 0 Å². The number of nitrogens with zero attached hydrogens (tertiary/aromatic N) is 8. The fourth-order valence-corrected chi connectivity index (χ4v) is 5.07. The van der Waals surface area contributed by atoms with Gasteiger partial charge in [0.25, 0.3) is 6.01 Å². The van der Waals surface area contributed by atoms with E-state index in [1.54, 1.807) is 0 Å². The molecule has 0 atom stereocenters.